The Morgan fingerprint density at radius 1 is 1.14 bits per heavy atom. The van der Waals surface area contributed by atoms with Crippen LogP contribution < -0.4 is 9.64 Å². The molecule has 0 unspecified atom stereocenters. The molecule has 5 nitrogen and oxygen atoms in total. The number of amides is 1. The molecular weight excluding hydrogens is 462 g/mol. The zero-order valence-corrected chi connectivity index (χ0v) is 19.2. The Morgan fingerprint density at radius 3 is 2.50 bits per heavy atom. The molecule has 0 spiro atoms. The first kappa shape index (κ1) is 22.6. The van der Waals surface area contributed by atoms with E-state index in [9.17, 15) is 4.79 Å². The van der Waals surface area contributed by atoms with Gasteiger partial charge in [-0.3, -0.25) is 9.69 Å². The van der Waals surface area contributed by atoms with Gasteiger partial charge in [0, 0.05) is 23.1 Å². The molecule has 1 amide bonds. The van der Waals surface area contributed by atoms with Crippen molar-refractivity contribution in [3.8, 4) is 5.75 Å². The number of thiazole rings is 1. The summed E-state index contributed by atoms with van der Waals surface area (Å²) in [6.07, 6.45) is 0. The van der Waals surface area contributed by atoms with Gasteiger partial charge in [0.05, 0.1) is 16.8 Å². The van der Waals surface area contributed by atoms with Crippen molar-refractivity contribution in [1.82, 2.24) is 9.88 Å². The molecular formula is C20H23BrClN3O2S. The average molecular weight is 485 g/mol. The van der Waals surface area contributed by atoms with Gasteiger partial charge in [0.15, 0.2) is 5.13 Å². The second-order valence-corrected chi connectivity index (χ2v) is 8.25. The minimum atomic E-state index is -0.0574. The van der Waals surface area contributed by atoms with Crippen LogP contribution in [-0.2, 0) is 0 Å². The third-order valence-electron chi connectivity index (χ3n) is 4.00. The van der Waals surface area contributed by atoms with Crippen LogP contribution in [0.4, 0.5) is 5.13 Å². The summed E-state index contributed by atoms with van der Waals surface area (Å²) in [7, 11) is 3.99. The third-order valence-corrected chi connectivity index (χ3v) is 5.53. The zero-order valence-electron chi connectivity index (χ0n) is 16.0. The Morgan fingerprint density at radius 2 is 1.86 bits per heavy atom. The highest BCUT2D eigenvalue weighted by atomic mass is 79.9. The van der Waals surface area contributed by atoms with Crippen LogP contribution >= 0.6 is 39.7 Å². The molecule has 0 radical (unpaired) electrons. The third kappa shape index (κ3) is 5.44. The predicted octanol–water partition coefficient (Wildman–Crippen LogP) is 5.09. The Labute approximate surface area is 183 Å². The van der Waals surface area contributed by atoms with E-state index in [1.165, 1.54) is 11.3 Å². The van der Waals surface area contributed by atoms with Crippen LogP contribution in [0.25, 0.3) is 10.2 Å². The number of rotatable bonds is 7. The van der Waals surface area contributed by atoms with Crippen molar-refractivity contribution in [3.63, 3.8) is 0 Å². The summed E-state index contributed by atoms with van der Waals surface area (Å²) in [6, 6.07) is 13.2. The smallest absolute Gasteiger partial charge is 0.260 e. The van der Waals surface area contributed by atoms with E-state index in [1.807, 2.05) is 51.4 Å². The normalized spacial score (nSPS) is 10.8. The van der Waals surface area contributed by atoms with Crippen molar-refractivity contribution in [3.05, 3.63) is 52.5 Å². The number of halogens is 2. The van der Waals surface area contributed by atoms with E-state index in [-0.39, 0.29) is 18.3 Å². The molecule has 0 N–H and O–H groups in total. The lowest BCUT2D eigenvalue weighted by molar-refractivity contribution is 0.0985. The van der Waals surface area contributed by atoms with Crippen LogP contribution in [0.15, 0.2) is 46.9 Å². The van der Waals surface area contributed by atoms with E-state index < -0.39 is 0 Å². The SMILES string of the molecule is CCOc1ccc(C(=O)N(CCN(C)C)c2nc3ccc(Br)cc3s2)cc1.Cl. The van der Waals surface area contributed by atoms with E-state index in [2.05, 4.69) is 25.8 Å². The maximum absolute atomic E-state index is 13.2. The summed E-state index contributed by atoms with van der Waals surface area (Å²) in [5, 5.41) is 0.712. The number of benzene rings is 2. The molecule has 0 saturated heterocycles. The molecule has 28 heavy (non-hydrogen) atoms. The van der Waals surface area contributed by atoms with Crippen molar-refractivity contribution >= 4 is 60.9 Å². The van der Waals surface area contributed by atoms with Crippen LogP contribution in [0.3, 0.4) is 0 Å². The van der Waals surface area contributed by atoms with Crippen molar-refractivity contribution in [2.75, 3.05) is 38.7 Å². The number of nitrogens with zero attached hydrogens (tertiary/aromatic N) is 3. The van der Waals surface area contributed by atoms with Crippen LogP contribution in [0.5, 0.6) is 5.75 Å². The molecule has 8 heteroatoms. The number of carbonyl (C=O) groups is 1. The fourth-order valence-corrected chi connectivity index (χ4v) is 4.14. The second-order valence-electron chi connectivity index (χ2n) is 6.33. The molecule has 0 fully saturated rings. The number of fused-ring (bicyclic) bond motifs is 1. The minimum absolute atomic E-state index is 0. The molecule has 3 aromatic rings. The van der Waals surface area contributed by atoms with Crippen molar-refractivity contribution in [1.29, 1.82) is 0 Å². The summed E-state index contributed by atoms with van der Waals surface area (Å²) in [6.45, 7) is 3.86. The average Bonchev–Trinajstić information content (AvgIpc) is 3.05. The summed E-state index contributed by atoms with van der Waals surface area (Å²) in [4.78, 5) is 21.7. The van der Waals surface area contributed by atoms with Crippen LogP contribution in [-0.4, -0.2) is 49.6 Å². The highest BCUT2D eigenvalue weighted by molar-refractivity contribution is 9.10. The van der Waals surface area contributed by atoms with Crippen LogP contribution in [0, 0.1) is 0 Å². The first-order chi connectivity index (χ1) is 13.0. The van der Waals surface area contributed by atoms with Gasteiger partial charge >= 0.3 is 0 Å². The molecule has 2 aromatic carbocycles. The standard InChI is InChI=1S/C20H22BrN3O2S.ClH/c1-4-26-16-8-5-14(6-9-16)19(25)24(12-11-23(2)3)20-22-17-10-7-15(21)13-18(17)27-20;/h5-10,13H,4,11-12H2,1-3H3;1H. The maximum Gasteiger partial charge on any atom is 0.260 e. The summed E-state index contributed by atoms with van der Waals surface area (Å²) in [5.41, 5.74) is 1.52. The Hall–Kier alpha value is -1.67. The molecule has 0 saturated carbocycles. The molecule has 0 aliphatic carbocycles. The molecule has 0 atom stereocenters. The molecule has 1 heterocycles. The number of carbonyl (C=O) groups excluding carboxylic acids is 1. The zero-order chi connectivity index (χ0) is 19.4. The Balaban J connectivity index is 0.00000280. The van der Waals surface area contributed by atoms with Gasteiger partial charge in [0.25, 0.3) is 5.91 Å². The number of hydrogen-bond acceptors (Lipinski definition) is 5. The molecule has 0 aliphatic heterocycles. The fraction of sp³-hybridized carbons (Fsp3) is 0.300. The topological polar surface area (TPSA) is 45.7 Å². The quantitative estimate of drug-likeness (QED) is 0.469. The summed E-state index contributed by atoms with van der Waals surface area (Å²) in [5.74, 6) is 0.705. The van der Waals surface area contributed by atoms with Gasteiger partial charge < -0.3 is 9.64 Å². The van der Waals surface area contributed by atoms with Crippen LogP contribution in [0.2, 0.25) is 0 Å². The van der Waals surface area contributed by atoms with E-state index in [0.717, 1.165) is 27.0 Å². The van der Waals surface area contributed by atoms with Gasteiger partial charge in [-0.05, 0) is 63.5 Å². The van der Waals surface area contributed by atoms with Gasteiger partial charge in [-0.2, -0.15) is 0 Å². The number of ether oxygens (including phenoxy) is 1. The largest absolute Gasteiger partial charge is 0.494 e. The van der Waals surface area contributed by atoms with Gasteiger partial charge in [-0.25, -0.2) is 4.98 Å². The minimum Gasteiger partial charge on any atom is -0.494 e. The highest BCUT2D eigenvalue weighted by Crippen LogP contribution is 2.31. The van der Waals surface area contributed by atoms with Crippen molar-refractivity contribution in [2.24, 2.45) is 0 Å². The first-order valence-corrected chi connectivity index (χ1v) is 10.3. The van der Waals surface area contributed by atoms with E-state index in [1.54, 1.807) is 17.0 Å². The van der Waals surface area contributed by atoms with Gasteiger partial charge in [0.1, 0.15) is 5.75 Å². The Kier molecular flexibility index (Phi) is 8.24. The summed E-state index contributed by atoms with van der Waals surface area (Å²) < 4.78 is 7.52. The van der Waals surface area contributed by atoms with Gasteiger partial charge in [0.2, 0.25) is 0 Å². The van der Waals surface area contributed by atoms with E-state index >= 15 is 0 Å². The number of anilines is 1. The second kappa shape index (κ2) is 10.2. The van der Waals surface area contributed by atoms with Crippen molar-refractivity contribution < 1.29 is 9.53 Å². The van der Waals surface area contributed by atoms with E-state index in [4.69, 9.17) is 4.74 Å². The van der Waals surface area contributed by atoms with Gasteiger partial charge in [-0.15, -0.1) is 12.4 Å². The lowest BCUT2D eigenvalue weighted by Crippen LogP contribution is -2.36. The monoisotopic (exact) mass is 483 g/mol. The molecule has 150 valence electrons. The molecule has 1 aromatic heterocycles. The lowest BCUT2D eigenvalue weighted by Gasteiger charge is -2.22. The molecule has 3 rings (SSSR count). The summed E-state index contributed by atoms with van der Waals surface area (Å²) >= 11 is 5.02. The predicted molar refractivity (Wildman–Crippen MR) is 122 cm³/mol. The maximum atomic E-state index is 13.2. The molecule has 0 aliphatic rings. The number of likely N-dealkylation sites (N-methyl/N-ethyl adjacent to an activating group) is 1. The van der Waals surface area contributed by atoms with Crippen molar-refractivity contribution in [2.45, 2.75) is 6.92 Å². The fourth-order valence-electron chi connectivity index (χ4n) is 2.60. The number of aromatic nitrogens is 1. The highest BCUT2D eigenvalue weighted by Gasteiger charge is 2.21. The molecule has 0 bridgehead atoms. The first-order valence-electron chi connectivity index (χ1n) is 8.73. The van der Waals surface area contributed by atoms with Gasteiger partial charge in [-0.1, -0.05) is 27.3 Å². The van der Waals surface area contributed by atoms with Crippen LogP contribution in [0.1, 0.15) is 17.3 Å². The van der Waals surface area contributed by atoms with E-state index in [0.29, 0.717) is 23.8 Å². The Bertz CT molecular complexity index is 931. The lowest BCUT2D eigenvalue weighted by atomic mass is 10.2. The number of hydrogen-bond donors (Lipinski definition) is 0.